The third kappa shape index (κ3) is 2.74. The molecule has 0 aliphatic carbocycles. The Kier molecular flexibility index (Phi) is 3.92. The molecule has 27 heavy (non-hydrogen) atoms. The molecular formula is C16H13ClFN7O2. The average molecular weight is 390 g/mol. The summed E-state index contributed by atoms with van der Waals surface area (Å²) in [5, 5.41) is 8.05. The van der Waals surface area contributed by atoms with Crippen LogP contribution in [0.15, 0.2) is 40.3 Å². The van der Waals surface area contributed by atoms with Gasteiger partial charge in [-0.1, -0.05) is 16.8 Å². The minimum absolute atomic E-state index is 0.0189. The van der Waals surface area contributed by atoms with Crippen LogP contribution >= 0.6 is 11.6 Å². The number of hydrogen-bond acceptors (Lipinski definition) is 5. The van der Waals surface area contributed by atoms with Gasteiger partial charge < -0.3 is 4.57 Å². The van der Waals surface area contributed by atoms with Crippen molar-refractivity contribution in [1.82, 2.24) is 33.7 Å². The molecule has 0 aliphatic heterocycles. The lowest BCUT2D eigenvalue weighted by molar-refractivity contribution is 0.627. The van der Waals surface area contributed by atoms with Crippen LogP contribution < -0.4 is 11.2 Å². The summed E-state index contributed by atoms with van der Waals surface area (Å²) in [5.74, 6) is -0.521. The molecule has 11 heteroatoms. The van der Waals surface area contributed by atoms with Gasteiger partial charge in [0.2, 0.25) is 0 Å². The highest BCUT2D eigenvalue weighted by Gasteiger charge is 2.15. The van der Waals surface area contributed by atoms with Crippen molar-refractivity contribution in [3.05, 3.63) is 68.1 Å². The number of benzene rings is 1. The van der Waals surface area contributed by atoms with Crippen molar-refractivity contribution in [3.63, 3.8) is 0 Å². The van der Waals surface area contributed by atoms with E-state index in [1.165, 1.54) is 40.8 Å². The summed E-state index contributed by atoms with van der Waals surface area (Å²) in [5.41, 5.74) is 0.791. The summed E-state index contributed by atoms with van der Waals surface area (Å²) < 4.78 is 18.7. The van der Waals surface area contributed by atoms with Crippen LogP contribution in [0.3, 0.4) is 0 Å². The first kappa shape index (κ1) is 17.2. The zero-order chi connectivity index (χ0) is 19.3. The quantitative estimate of drug-likeness (QED) is 0.518. The third-order valence-corrected chi connectivity index (χ3v) is 4.55. The number of halogens is 2. The monoisotopic (exact) mass is 389 g/mol. The van der Waals surface area contributed by atoms with E-state index in [2.05, 4.69) is 15.3 Å². The maximum absolute atomic E-state index is 13.3. The molecule has 3 heterocycles. The van der Waals surface area contributed by atoms with Gasteiger partial charge in [0.15, 0.2) is 11.2 Å². The fraction of sp³-hybridized carbons (Fsp3) is 0.188. The SMILES string of the molecule is Cn1c(=O)c2c(ncn2Cc2cn(-c3ccc(F)c(Cl)c3)nn2)n(C)c1=O. The van der Waals surface area contributed by atoms with E-state index in [9.17, 15) is 14.0 Å². The maximum Gasteiger partial charge on any atom is 0.332 e. The van der Waals surface area contributed by atoms with Gasteiger partial charge in [0.05, 0.1) is 29.8 Å². The second kappa shape index (κ2) is 6.16. The van der Waals surface area contributed by atoms with Crippen LogP contribution in [0.25, 0.3) is 16.9 Å². The van der Waals surface area contributed by atoms with Crippen LogP contribution in [0.1, 0.15) is 5.69 Å². The summed E-state index contributed by atoms with van der Waals surface area (Å²) in [6.07, 6.45) is 3.11. The van der Waals surface area contributed by atoms with Gasteiger partial charge in [-0.25, -0.2) is 18.9 Å². The zero-order valence-corrected chi connectivity index (χ0v) is 15.1. The number of nitrogens with zero attached hydrogens (tertiary/aromatic N) is 7. The Bertz CT molecular complexity index is 1300. The first-order valence-corrected chi connectivity index (χ1v) is 8.22. The van der Waals surface area contributed by atoms with Gasteiger partial charge in [-0.15, -0.1) is 5.10 Å². The van der Waals surface area contributed by atoms with Gasteiger partial charge in [-0.05, 0) is 18.2 Å². The van der Waals surface area contributed by atoms with E-state index in [0.29, 0.717) is 22.5 Å². The molecule has 3 aromatic heterocycles. The van der Waals surface area contributed by atoms with Crippen molar-refractivity contribution >= 4 is 22.8 Å². The fourth-order valence-corrected chi connectivity index (χ4v) is 2.99. The molecule has 0 bridgehead atoms. The minimum Gasteiger partial charge on any atom is -0.318 e. The van der Waals surface area contributed by atoms with Crippen molar-refractivity contribution in [2.24, 2.45) is 14.1 Å². The average Bonchev–Trinajstić information content (AvgIpc) is 3.28. The first-order chi connectivity index (χ1) is 12.9. The molecule has 0 saturated heterocycles. The summed E-state index contributed by atoms with van der Waals surface area (Å²) in [4.78, 5) is 28.6. The van der Waals surface area contributed by atoms with E-state index in [-0.39, 0.29) is 11.6 Å². The smallest absolute Gasteiger partial charge is 0.318 e. The van der Waals surface area contributed by atoms with Crippen LogP contribution in [0.5, 0.6) is 0 Å². The van der Waals surface area contributed by atoms with E-state index < -0.39 is 17.1 Å². The Morgan fingerprint density at radius 3 is 2.70 bits per heavy atom. The topological polar surface area (TPSA) is 92.5 Å². The molecule has 1 aromatic carbocycles. The second-order valence-corrected chi connectivity index (χ2v) is 6.41. The zero-order valence-electron chi connectivity index (χ0n) is 14.3. The largest absolute Gasteiger partial charge is 0.332 e. The summed E-state index contributed by atoms with van der Waals surface area (Å²) in [6.45, 7) is 0.221. The third-order valence-electron chi connectivity index (χ3n) is 4.26. The highest BCUT2D eigenvalue weighted by molar-refractivity contribution is 6.30. The van der Waals surface area contributed by atoms with Crippen LogP contribution in [-0.4, -0.2) is 33.7 Å². The lowest BCUT2D eigenvalue weighted by atomic mass is 10.3. The Morgan fingerprint density at radius 2 is 1.96 bits per heavy atom. The molecule has 0 radical (unpaired) electrons. The Balaban J connectivity index is 1.74. The molecule has 0 amide bonds. The number of aromatic nitrogens is 7. The number of hydrogen-bond donors (Lipinski definition) is 0. The van der Waals surface area contributed by atoms with E-state index in [1.807, 2.05) is 0 Å². The highest BCUT2D eigenvalue weighted by atomic mass is 35.5. The predicted octanol–water partition coefficient (Wildman–Crippen LogP) is 0.855. The van der Waals surface area contributed by atoms with Gasteiger partial charge in [-0.2, -0.15) is 0 Å². The van der Waals surface area contributed by atoms with Gasteiger partial charge in [-0.3, -0.25) is 13.9 Å². The normalized spacial score (nSPS) is 11.4. The highest BCUT2D eigenvalue weighted by Crippen LogP contribution is 2.18. The molecule has 0 N–H and O–H groups in total. The van der Waals surface area contributed by atoms with Crippen molar-refractivity contribution < 1.29 is 4.39 Å². The number of fused-ring (bicyclic) bond motifs is 1. The predicted molar refractivity (Wildman–Crippen MR) is 95.6 cm³/mol. The van der Waals surface area contributed by atoms with Crippen molar-refractivity contribution in [1.29, 1.82) is 0 Å². The van der Waals surface area contributed by atoms with Crippen molar-refractivity contribution in [3.8, 4) is 5.69 Å². The van der Waals surface area contributed by atoms with Crippen molar-refractivity contribution in [2.75, 3.05) is 0 Å². The lowest BCUT2D eigenvalue weighted by Gasteiger charge is -2.05. The number of rotatable bonds is 3. The summed E-state index contributed by atoms with van der Waals surface area (Å²) >= 11 is 5.80. The molecule has 9 nitrogen and oxygen atoms in total. The second-order valence-electron chi connectivity index (χ2n) is 6.00. The van der Waals surface area contributed by atoms with Crippen molar-refractivity contribution in [2.45, 2.75) is 6.54 Å². The van der Waals surface area contributed by atoms with E-state index in [4.69, 9.17) is 11.6 Å². The molecule has 138 valence electrons. The Labute approximate surface area is 155 Å². The van der Waals surface area contributed by atoms with Crippen LogP contribution in [0, 0.1) is 5.82 Å². The minimum atomic E-state index is -0.521. The van der Waals surface area contributed by atoms with Gasteiger partial charge in [0.25, 0.3) is 5.56 Å². The van der Waals surface area contributed by atoms with E-state index in [0.717, 1.165) is 4.57 Å². The summed E-state index contributed by atoms with van der Waals surface area (Å²) in [6, 6.07) is 4.21. The number of aryl methyl sites for hydroxylation is 1. The lowest BCUT2D eigenvalue weighted by Crippen LogP contribution is -2.37. The molecule has 0 unspecified atom stereocenters. The van der Waals surface area contributed by atoms with Crippen LogP contribution in [-0.2, 0) is 20.6 Å². The standard InChI is InChI=1S/C16H13ClFN7O2/c1-22-14-13(15(26)23(2)16(22)27)24(8-19-14)6-9-7-25(21-20-9)10-3-4-12(18)11(17)5-10/h3-5,7-8H,6H2,1-2H3. The molecular weight excluding hydrogens is 377 g/mol. The molecule has 0 atom stereocenters. The summed E-state index contributed by atoms with van der Waals surface area (Å²) in [7, 11) is 2.96. The van der Waals surface area contributed by atoms with Gasteiger partial charge in [0, 0.05) is 14.1 Å². The van der Waals surface area contributed by atoms with E-state index in [1.54, 1.807) is 17.8 Å². The molecule has 0 saturated carbocycles. The Hall–Kier alpha value is -3.27. The fourth-order valence-electron chi connectivity index (χ4n) is 2.82. The molecule has 0 spiro atoms. The molecule has 0 fully saturated rings. The van der Waals surface area contributed by atoms with E-state index >= 15 is 0 Å². The molecule has 0 aliphatic rings. The Morgan fingerprint density at radius 1 is 1.19 bits per heavy atom. The number of imidazole rings is 1. The van der Waals surface area contributed by atoms with Crippen LogP contribution in [0.4, 0.5) is 4.39 Å². The molecule has 4 rings (SSSR count). The first-order valence-electron chi connectivity index (χ1n) is 7.84. The molecule has 4 aromatic rings. The van der Waals surface area contributed by atoms with Gasteiger partial charge in [0.1, 0.15) is 11.5 Å². The van der Waals surface area contributed by atoms with Gasteiger partial charge >= 0.3 is 5.69 Å². The maximum atomic E-state index is 13.3. The van der Waals surface area contributed by atoms with Crippen LogP contribution in [0.2, 0.25) is 5.02 Å².